The molecular weight excluding hydrogens is 390 g/mol. The Labute approximate surface area is 152 Å². The minimum atomic E-state index is -3.56. The quantitative estimate of drug-likeness (QED) is 0.764. The molecule has 130 valence electrons. The van der Waals surface area contributed by atoms with Crippen LogP contribution < -0.4 is 5.32 Å². The smallest absolute Gasteiger partial charge is 0.245 e. The van der Waals surface area contributed by atoms with E-state index in [-0.39, 0.29) is 17.0 Å². The Bertz CT molecular complexity index is 764. The molecule has 1 heterocycles. The minimum absolute atomic E-state index is 0.115. The number of hydrogen-bond acceptors (Lipinski definition) is 4. The highest BCUT2D eigenvalue weighted by Gasteiger charge is 2.29. The molecule has 24 heavy (non-hydrogen) atoms. The van der Waals surface area contributed by atoms with Gasteiger partial charge in [0, 0.05) is 28.4 Å². The van der Waals surface area contributed by atoms with E-state index in [0.717, 1.165) is 10.2 Å². The first-order valence-corrected chi connectivity index (χ1v) is 9.97. The number of benzene rings is 1. The van der Waals surface area contributed by atoms with E-state index in [4.69, 9.17) is 0 Å². The Hall–Kier alpha value is -1.44. The van der Waals surface area contributed by atoms with Crippen LogP contribution in [0.3, 0.4) is 0 Å². The van der Waals surface area contributed by atoms with Gasteiger partial charge in [0.2, 0.25) is 10.0 Å². The van der Waals surface area contributed by atoms with Crippen LogP contribution in [0.25, 0.3) is 0 Å². The van der Waals surface area contributed by atoms with Crippen molar-refractivity contribution in [1.29, 1.82) is 0 Å². The van der Waals surface area contributed by atoms with Crippen LogP contribution in [0.15, 0.2) is 52.0 Å². The van der Waals surface area contributed by atoms with Crippen molar-refractivity contribution in [2.75, 3.05) is 5.32 Å². The lowest BCUT2D eigenvalue weighted by atomic mass is 10.3. The molecule has 0 amide bonds. The zero-order valence-corrected chi connectivity index (χ0v) is 16.6. The molecule has 0 radical (unpaired) electrons. The van der Waals surface area contributed by atoms with Crippen molar-refractivity contribution < 1.29 is 8.42 Å². The van der Waals surface area contributed by atoms with Crippen LogP contribution in [0.5, 0.6) is 0 Å². The van der Waals surface area contributed by atoms with Crippen LogP contribution in [-0.2, 0) is 10.0 Å². The minimum Gasteiger partial charge on any atom is -0.340 e. The third kappa shape index (κ3) is 4.34. The van der Waals surface area contributed by atoms with E-state index in [2.05, 4.69) is 26.2 Å². The molecule has 1 N–H and O–H groups in total. The predicted molar refractivity (Wildman–Crippen MR) is 101 cm³/mol. The van der Waals surface area contributed by atoms with Gasteiger partial charge in [-0.05, 0) is 64.1 Å². The highest BCUT2D eigenvalue weighted by Crippen LogP contribution is 2.23. The summed E-state index contributed by atoms with van der Waals surface area (Å²) in [5.41, 5.74) is 0.882. The number of sulfonamides is 1. The number of nitrogens with zero attached hydrogens (tertiary/aromatic N) is 2. The molecule has 5 nitrogen and oxygen atoms in total. The van der Waals surface area contributed by atoms with Gasteiger partial charge in [-0.25, -0.2) is 13.4 Å². The van der Waals surface area contributed by atoms with Crippen molar-refractivity contribution in [1.82, 2.24) is 9.29 Å². The van der Waals surface area contributed by atoms with Crippen molar-refractivity contribution >= 4 is 37.5 Å². The largest absolute Gasteiger partial charge is 0.340 e. The molecule has 0 saturated carbocycles. The van der Waals surface area contributed by atoms with Crippen LogP contribution in [0.4, 0.5) is 11.5 Å². The van der Waals surface area contributed by atoms with E-state index in [1.807, 2.05) is 52.0 Å². The second-order valence-electron chi connectivity index (χ2n) is 6.03. The van der Waals surface area contributed by atoms with E-state index < -0.39 is 10.0 Å². The van der Waals surface area contributed by atoms with Gasteiger partial charge in [0.1, 0.15) is 10.7 Å². The van der Waals surface area contributed by atoms with Crippen LogP contribution in [0.2, 0.25) is 0 Å². The molecule has 0 aliphatic carbocycles. The predicted octanol–water partition coefficient (Wildman–Crippen LogP) is 4.40. The van der Waals surface area contributed by atoms with Crippen LogP contribution in [-0.4, -0.2) is 29.8 Å². The Morgan fingerprint density at radius 1 is 1.00 bits per heavy atom. The van der Waals surface area contributed by atoms with E-state index in [9.17, 15) is 8.42 Å². The summed E-state index contributed by atoms with van der Waals surface area (Å²) in [7, 11) is -3.56. The maximum absolute atomic E-state index is 12.8. The number of hydrogen-bond donors (Lipinski definition) is 1. The van der Waals surface area contributed by atoms with Gasteiger partial charge >= 0.3 is 0 Å². The topological polar surface area (TPSA) is 62.3 Å². The summed E-state index contributed by atoms with van der Waals surface area (Å²) in [6.45, 7) is 7.48. The van der Waals surface area contributed by atoms with Crippen molar-refractivity contribution in [3.05, 3.63) is 47.1 Å². The highest BCUT2D eigenvalue weighted by molar-refractivity contribution is 9.10. The van der Waals surface area contributed by atoms with Gasteiger partial charge in [0.25, 0.3) is 0 Å². The van der Waals surface area contributed by atoms with Gasteiger partial charge in [-0.15, -0.1) is 0 Å². The number of halogens is 1. The normalized spacial score (nSPS) is 12.2. The third-order valence-corrected chi connectivity index (χ3v) is 6.21. The molecule has 0 spiro atoms. The molecule has 0 aliphatic heterocycles. The van der Waals surface area contributed by atoms with Gasteiger partial charge in [0.05, 0.1) is 0 Å². The molecule has 0 atom stereocenters. The van der Waals surface area contributed by atoms with Crippen LogP contribution in [0, 0.1) is 0 Å². The summed E-state index contributed by atoms with van der Waals surface area (Å²) >= 11 is 3.38. The molecule has 0 fully saturated rings. The number of anilines is 2. The monoisotopic (exact) mass is 411 g/mol. The third-order valence-electron chi connectivity index (χ3n) is 3.45. The SMILES string of the molecule is CC(C)N(C(C)C)S(=O)(=O)c1ccc(Nc2ccc(Br)cc2)nc1. The summed E-state index contributed by atoms with van der Waals surface area (Å²) < 4.78 is 28.0. The first-order chi connectivity index (χ1) is 11.2. The molecular formula is C17H22BrN3O2S. The average molecular weight is 412 g/mol. The van der Waals surface area contributed by atoms with Gasteiger partial charge in [-0.1, -0.05) is 15.9 Å². The molecule has 7 heteroatoms. The average Bonchev–Trinajstić information content (AvgIpc) is 2.49. The zero-order valence-electron chi connectivity index (χ0n) is 14.2. The Balaban J connectivity index is 2.23. The lowest BCUT2D eigenvalue weighted by Gasteiger charge is -2.29. The number of rotatable bonds is 6. The molecule has 0 saturated heterocycles. The molecule has 1 aromatic heterocycles. The number of nitrogens with one attached hydrogen (secondary N) is 1. The maximum Gasteiger partial charge on any atom is 0.245 e. The summed E-state index contributed by atoms with van der Waals surface area (Å²) in [6.07, 6.45) is 1.40. The standard InChI is InChI=1S/C17H22BrN3O2S/c1-12(2)21(13(3)4)24(22,23)16-9-10-17(19-11-16)20-15-7-5-14(18)6-8-15/h5-13H,1-4H3,(H,19,20). The fourth-order valence-corrected chi connectivity index (χ4v) is 4.60. The van der Waals surface area contributed by atoms with E-state index in [1.54, 1.807) is 12.1 Å². The Morgan fingerprint density at radius 2 is 1.58 bits per heavy atom. The summed E-state index contributed by atoms with van der Waals surface area (Å²) in [4.78, 5) is 4.44. The molecule has 2 aromatic rings. The van der Waals surface area contributed by atoms with Crippen molar-refractivity contribution in [3.63, 3.8) is 0 Å². The van der Waals surface area contributed by atoms with Crippen LogP contribution >= 0.6 is 15.9 Å². The van der Waals surface area contributed by atoms with Gasteiger partial charge in [-0.2, -0.15) is 4.31 Å². The fraction of sp³-hybridized carbons (Fsp3) is 0.353. The van der Waals surface area contributed by atoms with Gasteiger partial charge in [-0.3, -0.25) is 0 Å². The molecule has 0 bridgehead atoms. The molecule has 1 aromatic carbocycles. The summed E-state index contributed by atoms with van der Waals surface area (Å²) in [5, 5.41) is 3.14. The number of pyridine rings is 1. The first kappa shape index (κ1) is 18.9. The number of aromatic nitrogens is 1. The Kier molecular flexibility index (Phi) is 6.01. The molecule has 0 unspecified atom stereocenters. The second-order valence-corrected chi connectivity index (χ2v) is 8.79. The molecule has 0 aliphatic rings. The summed E-state index contributed by atoms with van der Waals surface area (Å²) in [5.74, 6) is 0.594. The molecule has 2 rings (SSSR count). The van der Waals surface area contributed by atoms with E-state index >= 15 is 0 Å². The van der Waals surface area contributed by atoms with E-state index in [0.29, 0.717) is 5.82 Å². The lowest BCUT2D eigenvalue weighted by Crippen LogP contribution is -2.41. The highest BCUT2D eigenvalue weighted by atomic mass is 79.9. The van der Waals surface area contributed by atoms with Crippen molar-refractivity contribution in [3.8, 4) is 0 Å². The first-order valence-electron chi connectivity index (χ1n) is 7.74. The van der Waals surface area contributed by atoms with E-state index in [1.165, 1.54) is 10.5 Å². The Morgan fingerprint density at radius 3 is 2.04 bits per heavy atom. The van der Waals surface area contributed by atoms with Crippen LogP contribution in [0.1, 0.15) is 27.7 Å². The van der Waals surface area contributed by atoms with Gasteiger partial charge in [0.15, 0.2) is 0 Å². The lowest BCUT2D eigenvalue weighted by molar-refractivity contribution is 0.302. The van der Waals surface area contributed by atoms with Crippen molar-refractivity contribution in [2.45, 2.75) is 44.7 Å². The zero-order chi connectivity index (χ0) is 17.9. The second kappa shape index (κ2) is 7.63. The summed E-state index contributed by atoms with van der Waals surface area (Å²) in [6, 6.07) is 10.7. The van der Waals surface area contributed by atoms with Gasteiger partial charge < -0.3 is 5.32 Å². The van der Waals surface area contributed by atoms with Crippen molar-refractivity contribution in [2.24, 2.45) is 0 Å². The fourth-order valence-electron chi connectivity index (χ4n) is 2.56. The maximum atomic E-state index is 12.8.